The van der Waals surface area contributed by atoms with Crippen molar-refractivity contribution in [1.29, 1.82) is 0 Å². The van der Waals surface area contributed by atoms with Crippen LogP contribution in [0.5, 0.6) is 0 Å². The number of nitrogens with one attached hydrogen (secondary N) is 1. The zero-order valence-electron chi connectivity index (χ0n) is 12.6. The van der Waals surface area contributed by atoms with E-state index >= 15 is 0 Å². The third-order valence-electron chi connectivity index (χ3n) is 4.55. The largest absolute Gasteiger partial charge is 0.364 e. The van der Waals surface area contributed by atoms with Gasteiger partial charge in [-0.1, -0.05) is 0 Å². The van der Waals surface area contributed by atoms with Crippen molar-refractivity contribution in [2.24, 2.45) is 7.05 Å². The summed E-state index contributed by atoms with van der Waals surface area (Å²) in [5.74, 6) is -0.623. The van der Waals surface area contributed by atoms with Gasteiger partial charge in [0.2, 0.25) is 5.91 Å². The van der Waals surface area contributed by atoms with Gasteiger partial charge < -0.3 is 19.5 Å². The molecule has 23 heavy (non-hydrogen) atoms. The Morgan fingerprint density at radius 2 is 2.17 bits per heavy atom. The number of rotatable bonds is 1. The maximum atomic E-state index is 13.4. The average Bonchev–Trinajstić information content (AvgIpc) is 3.07. The van der Waals surface area contributed by atoms with E-state index in [0.29, 0.717) is 24.2 Å². The molecule has 3 heterocycles. The molecule has 4 rings (SSSR count). The lowest BCUT2D eigenvalue weighted by molar-refractivity contribution is -0.134. The van der Waals surface area contributed by atoms with E-state index in [1.807, 2.05) is 0 Å². The Labute approximate surface area is 131 Å². The highest BCUT2D eigenvalue weighted by Crippen LogP contribution is 2.24. The standard InChI is InChI=1S/C16H16FN3O3/c1-19-12-3-2-10(17)4-9(12)5-13(19)16(22)20-6-11-14(7-20)23-8-15(21)18-11/h2-5,11,14H,6-8H2,1H3,(H,18,21)/t11-,14-/m0/s1. The van der Waals surface area contributed by atoms with Crippen LogP contribution in [-0.4, -0.2) is 53.1 Å². The Bertz CT molecular complexity index is 816. The second-order valence-electron chi connectivity index (χ2n) is 6.03. The molecule has 7 heteroatoms. The predicted octanol–water partition coefficient (Wildman–Crippen LogP) is 0.657. The Kier molecular flexibility index (Phi) is 3.12. The monoisotopic (exact) mass is 317 g/mol. The van der Waals surface area contributed by atoms with Crippen LogP contribution < -0.4 is 5.32 Å². The van der Waals surface area contributed by atoms with Crippen LogP contribution in [0, 0.1) is 5.82 Å². The number of morpholine rings is 1. The number of carbonyl (C=O) groups is 2. The lowest BCUT2D eigenvalue weighted by atomic mass is 10.2. The molecule has 0 saturated carbocycles. The second-order valence-corrected chi connectivity index (χ2v) is 6.03. The first-order valence-corrected chi connectivity index (χ1v) is 7.48. The summed E-state index contributed by atoms with van der Waals surface area (Å²) in [4.78, 5) is 25.8. The summed E-state index contributed by atoms with van der Waals surface area (Å²) in [5.41, 5.74) is 1.30. The molecule has 0 unspecified atom stereocenters. The first-order valence-electron chi connectivity index (χ1n) is 7.48. The number of carbonyl (C=O) groups excluding carboxylic acids is 2. The molecular formula is C16H16FN3O3. The summed E-state index contributed by atoms with van der Waals surface area (Å²) in [6.07, 6.45) is -0.163. The van der Waals surface area contributed by atoms with Crippen LogP contribution in [0.1, 0.15) is 10.5 Å². The van der Waals surface area contributed by atoms with E-state index in [9.17, 15) is 14.0 Å². The number of aryl methyl sites for hydroxylation is 1. The van der Waals surface area contributed by atoms with Crippen LogP contribution in [0.25, 0.3) is 10.9 Å². The van der Waals surface area contributed by atoms with Crippen LogP contribution >= 0.6 is 0 Å². The van der Waals surface area contributed by atoms with Gasteiger partial charge in [0.1, 0.15) is 18.1 Å². The Morgan fingerprint density at radius 3 is 3.00 bits per heavy atom. The van der Waals surface area contributed by atoms with Gasteiger partial charge in [0.25, 0.3) is 5.91 Å². The Balaban J connectivity index is 1.62. The molecule has 0 bridgehead atoms. The number of hydrogen-bond donors (Lipinski definition) is 1. The highest BCUT2D eigenvalue weighted by Gasteiger charge is 2.40. The van der Waals surface area contributed by atoms with Gasteiger partial charge in [-0.15, -0.1) is 0 Å². The molecule has 1 N–H and O–H groups in total. The molecule has 2 amide bonds. The Hall–Kier alpha value is -2.41. The quantitative estimate of drug-likeness (QED) is 0.840. The summed E-state index contributed by atoms with van der Waals surface area (Å²) >= 11 is 0. The fourth-order valence-electron chi connectivity index (χ4n) is 3.37. The molecule has 2 saturated heterocycles. The number of halogens is 1. The lowest BCUT2D eigenvalue weighted by Gasteiger charge is -2.24. The lowest BCUT2D eigenvalue weighted by Crippen LogP contribution is -2.50. The van der Waals surface area contributed by atoms with Crippen molar-refractivity contribution < 1.29 is 18.7 Å². The number of amides is 2. The minimum atomic E-state index is -0.328. The van der Waals surface area contributed by atoms with Crippen LogP contribution in [0.3, 0.4) is 0 Å². The molecule has 2 fully saturated rings. The maximum absolute atomic E-state index is 13.4. The SMILES string of the molecule is Cn1c(C(=O)N2C[C@@H]3NC(=O)CO[C@H]3C2)cc2cc(F)ccc21. The third kappa shape index (κ3) is 2.28. The Morgan fingerprint density at radius 1 is 1.35 bits per heavy atom. The van der Waals surface area contributed by atoms with Crippen molar-refractivity contribution in [3.8, 4) is 0 Å². The van der Waals surface area contributed by atoms with E-state index in [4.69, 9.17) is 4.74 Å². The highest BCUT2D eigenvalue weighted by atomic mass is 19.1. The van der Waals surface area contributed by atoms with E-state index in [0.717, 1.165) is 5.52 Å². The van der Waals surface area contributed by atoms with Crippen LogP contribution in [0.15, 0.2) is 24.3 Å². The van der Waals surface area contributed by atoms with Crippen molar-refractivity contribution in [2.45, 2.75) is 12.1 Å². The number of aromatic nitrogens is 1. The molecule has 2 aliphatic heterocycles. The number of benzene rings is 1. The van der Waals surface area contributed by atoms with Gasteiger partial charge in [0, 0.05) is 31.0 Å². The van der Waals surface area contributed by atoms with Gasteiger partial charge >= 0.3 is 0 Å². The molecule has 0 spiro atoms. The van der Waals surface area contributed by atoms with Crippen LogP contribution in [0.2, 0.25) is 0 Å². The van der Waals surface area contributed by atoms with Gasteiger partial charge in [-0.05, 0) is 24.3 Å². The van der Waals surface area contributed by atoms with E-state index in [1.165, 1.54) is 12.1 Å². The minimum absolute atomic E-state index is 0.0382. The zero-order valence-corrected chi connectivity index (χ0v) is 12.6. The first kappa shape index (κ1) is 14.2. The number of fused-ring (bicyclic) bond motifs is 2. The van der Waals surface area contributed by atoms with Gasteiger partial charge in [-0.2, -0.15) is 0 Å². The van der Waals surface area contributed by atoms with E-state index in [-0.39, 0.29) is 36.4 Å². The molecule has 0 aliphatic carbocycles. The molecule has 2 atom stereocenters. The highest BCUT2D eigenvalue weighted by molar-refractivity contribution is 5.99. The molecule has 2 aromatic rings. The first-order chi connectivity index (χ1) is 11.0. The van der Waals surface area contributed by atoms with Crippen LogP contribution in [-0.2, 0) is 16.6 Å². The predicted molar refractivity (Wildman–Crippen MR) is 80.5 cm³/mol. The van der Waals surface area contributed by atoms with Crippen molar-refractivity contribution >= 4 is 22.7 Å². The van der Waals surface area contributed by atoms with E-state index < -0.39 is 0 Å². The molecule has 0 radical (unpaired) electrons. The molecule has 1 aromatic heterocycles. The number of hydrogen-bond acceptors (Lipinski definition) is 3. The number of nitrogens with zero attached hydrogens (tertiary/aromatic N) is 2. The van der Waals surface area contributed by atoms with E-state index in [2.05, 4.69) is 5.32 Å². The van der Waals surface area contributed by atoms with Crippen molar-refractivity contribution in [3.63, 3.8) is 0 Å². The summed E-state index contributed by atoms with van der Waals surface area (Å²) < 4.78 is 20.6. The fraction of sp³-hybridized carbons (Fsp3) is 0.375. The zero-order chi connectivity index (χ0) is 16.1. The molecule has 120 valence electrons. The summed E-state index contributed by atoms with van der Waals surface area (Å²) in [6, 6.07) is 5.99. The normalized spacial score (nSPS) is 23.9. The fourth-order valence-corrected chi connectivity index (χ4v) is 3.37. The number of ether oxygens (including phenoxy) is 1. The van der Waals surface area contributed by atoms with Crippen molar-refractivity contribution in [1.82, 2.24) is 14.8 Å². The summed E-state index contributed by atoms with van der Waals surface area (Å²) in [6.45, 7) is 0.904. The average molecular weight is 317 g/mol. The summed E-state index contributed by atoms with van der Waals surface area (Å²) in [7, 11) is 1.79. The summed E-state index contributed by atoms with van der Waals surface area (Å²) in [5, 5.41) is 3.54. The number of likely N-dealkylation sites (tertiary alicyclic amines) is 1. The smallest absolute Gasteiger partial charge is 0.270 e. The van der Waals surface area contributed by atoms with Gasteiger partial charge in [-0.25, -0.2) is 4.39 Å². The third-order valence-corrected chi connectivity index (χ3v) is 4.55. The van der Waals surface area contributed by atoms with Crippen molar-refractivity contribution in [2.75, 3.05) is 19.7 Å². The molecular weight excluding hydrogens is 301 g/mol. The maximum Gasteiger partial charge on any atom is 0.270 e. The molecule has 6 nitrogen and oxygen atoms in total. The van der Waals surface area contributed by atoms with E-state index in [1.54, 1.807) is 28.6 Å². The second kappa shape index (κ2) is 5.06. The minimum Gasteiger partial charge on any atom is -0.364 e. The van der Waals surface area contributed by atoms with Gasteiger partial charge in [-0.3, -0.25) is 9.59 Å². The topological polar surface area (TPSA) is 63.6 Å². The van der Waals surface area contributed by atoms with Gasteiger partial charge in [0.15, 0.2) is 0 Å². The molecule has 1 aromatic carbocycles. The molecule has 2 aliphatic rings. The van der Waals surface area contributed by atoms with Gasteiger partial charge in [0.05, 0.1) is 12.1 Å². The van der Waals surface area contributed by atoms with Crippen molar-refractivity contribution in [3.05, 3.63) is 35.8 Å². The van der Waals surface area contributed by atoms with Crippen LogP contribution in [0.4, 0.5) is 4.39 Å².